The fraction of sp³-hybridized carbons (Fsp3) is 0.188. The van der Waals surface area contributed by atoms with Gasteiger partial charge in [-0.1, -0.05) is 30.3 Å². The molecule has 2 aromatic heterocycles. The molecule has 0 atom stereocenters. The molecule has 0 amide bonds. The second-order valence-corrected chi connectivity index (χ2v) is 4.86. The lowest BCUT2D eigenvalue weighted by atomic mass is 10.1. The molecule has 2 N–H and O–H groups in total. The summed E-state index contributed by atoms with van der Waals surface area (Å²) in [7, 11) is 0. The van der Waals surface area contributed by atoms with Gasteiger partial charge in [-0.3, -0.25) is 4.68 Å². The summed E-state index contributed by atoms with van der Waals surface area (Å²) < 4.78 is 1.84. The number of aromatic nitrogens is 4. The van der Waals surface area contributed by atoms with Crippen molar-refractivity contribution in [2.75, 3.05) is 5.73 Å². The average molecular weight is 279 g/mol. The summed E-state index contributed by atoms with van der Waals surface area (Å²) in [6.45, 7) is 4.79. The molecule has 3 aromatic rings. The smallest absolute Gasteiger partial charge is 0.165 e. The molecular weight excluding hydrogens is 262 g/mol. The minimum Gasteiger partial charge on any atom is -0.383 e. The van der Waals surface area contributed by atoms with Crippen LogP contribution in [0.2, 0.25) is 0 Å². The number of aryl methyl sites for hydroxylation is 1. The Morgan fingerprint density at radius 3 is 2.52 bits per heavy atom. The summed E-state index contributed by atoms with van der Waals surface area (Å²) in [5.74, 6) is 1.11. The molecule has 21 heavy (non-hydrogen) atoms. The predicted octanol–water partition coefficient (Wildman–Crippen LogP) is 2.92. The van der Waals surface area contributed by atoms with E-state index in [1.807, 2.05) is 55.1 Å². The SMILES string of the molecule is CCn1cc(-c2nc(N)c(C)c(-c3ccccc3)n2)cn1. The Bertz CT molecular complexity index is 762. The quantitative estimate of drug-likeness (QED) is 0.800. The Kier molecular flexibility index (Phi) is 3.39. The highest BCUT2D eigenvalue weighted by Crippen LogP contribution is 2.27. The first-order valence-corrected chi connectivity index (χ1v) is 6.91. The molecule has 0 bridgehead atoms. The van der Waals surface area contributed by atoms with Gasteiger partial charge < -0.3 is 5.73 Å². The minimum absolute atomic E-state index is 0.503. The maximum absolute atomic E-state index is 6.06. The zero-order valence-electron chi connectivity index (χ0n) is 12.1. The van der Waals surface area contributed by atoms with E-state index in [-0.39, 0.29) is 0 Å². The van der Waals surface area contributed by atoms with Crippen molar-refractivity contribution in [3.63, 3.8) is 0 Å². The number of hydrogen-bond donors (Lipinski definition) is 1. The van der Waals surface area contributed by atoms with Crippen LogP contribution in [-0.2, 0) is 6.54 Å². The molecule has 0 radical (unpaired) electrons. The van der Waals surface area contributed by atoms with E-state index in [2.05, 4.69) is 15.1 Å². The fourth-order valence-corrected chi connectivity index (χ4v) is 2.19. The molecule has 0 saturated heterocycles. The van der Waals surface area contributed by atoms with Crippen LogP contribution in [0.1, 0.15) is 12.5 Å². The number of anilines is 1. The first kappa shape index (κ1) is 13.3. The van der Waals surface area contributed by atoms with Gasteiger partial charge in [0, 0.05) is 23.9 Å². The first-order valence-electron chi connectivity index (χ1n) is 6.91. The average Bonchev–Trinajstić information content (AvgIpc) is 3.00. The van der Waals surface area contributed by atoms with Crippen LogP contribution in [0, 0.1) is 6.92 Å². The van der Waals surface area contributed by atoms with Crippen molar-refractivity contribution >= 4 is 5.82 Å². The Morgan fingerprint density at radius 2 is 1.86 bits per heavy atom. The number of rotatable bonds is 3. The Hall–Kier alpha value is -2.69. The highest BCUT2D eigenvalue weighted by molar-refractivity contribution is 5.70. The second-order valence-electron chi connectivity index (χ2n) is 4.86. The van der Waals surface area contributed by atoms with E-state index in [1.165, 1.54) is 0 Å². The van der Waals surface area contributed by atoms with E-state index in [0.717, 1.165) is 28.9 Å². The summed E-state index contributed by atoms with van der Waals surface area (Å²) in [6.07, 6.45) is 3.70. The molecule has 0 fully saturated rings. The van der Waals surface area contributed by atoms with Crippen molar-refractivity contribution in [2.24, 2.45) is 0 Å². The van der Waals surface area contributed by atoms with Crippen LogP contribution in [-0.4, -0.2) is 19.7 Å². The topological polar surface area (TPSA) is 69.6 Å². The third-order valence-corrected chi connectivity index (χ3v) is 3.45. The van der Waals surface area contributed by atoms with E-state index in [9.17, 15) is 0 Å². The fourth-order valence-electron chi connectivity index (χ4n) is 2.19. The van der Waals surface area contributed by atoms with Crippen molar-refractivity contribution in [3.8, 4) is 22.6 Å². The molecule has 5 heteroatoms. The summed E-state index contributed by atoms with van der Waals surface area (Å²) in [5.41, 5.74) is 9.73. The molecule has 0 aliphatic carbocycles. The lowest BCUT2D eigenvalue weighted by molar-refractivity contribution is 0.660. The zero-order valence-corrected chi connectivity index (χ0v) is 12.1. The van der Waals surface area contributed by atoms with Gasteiger partial charge in [0.05, 0.1) is 17.5 Å². The lowest BCUT2D eigenvalue weighted by Gasteiger charge is -2.09. The van der Waals surface area contributed by atoms with Gasteiger partial charge in [-0.15, -0.1) is 0 Å². The molecule has 0 saturated carbocycles. The molecule has 0 spiro atoms. The van der Waals surface area contributed by atoms with Crippen molar-refractivity contribution in [1.29, 1.82) is 0 Å². The molecule has 0 unspecified atom stereocenters. The third-order valence-electron chi connectivity index (χ3n) is 3.45. The molecule has 0 aliphatic rings. The van der Waals surface area contributed by atoms with Crippen molar-refractivity contribution in [2.45, 2.75) is 20.4 Å². The second kappa shape index (κ2) is 5.36. The number of benzene rings is 1. The van der Waals surface area contributed by atoms with Crippen LogP contribution in [0.5, 0.6) is 0 Å². The van der Waals surface area contributed by atoms with E-state index in [0.29, 0.717) is 11.6 Å². The van der Waals surface area contributed by atoms with Crippen LogP contribution in [0.3, 0.4) is 0 Å². The number of hydrogen-bond acceptors (Lipinski definition) is 4. The largest absolute Gasteiger partial charge is 0.383 e. The Morgan fingerprint density at radius 1 is 1.10 bits per heavy atom. The van der Waals surface area contributed by atoms with Crippen LogP contribution < -0.4 is 5.73 Å². The molecule has 5 nitrogen and oxygen atoms in total. The standard InChI is InChI=1S/C16H17N5/c1-3-21-10-13(9-18-21)16-19-14(11(2)15(17)20-16)12-7-5-4-6-8-12/h4-10H,3H2,1-2H3,(H2,17,19,20). The first-order chi connectivity index (χ1) is 10.2. The monoisotopic (exact) mass is 279 g/mol. The zero-order chi connectivity index (χ0) is 14.8. The molecule has 2 heterocycles. The highest BCUT2D eigenvalue weighted by atomic mass is 15.3. The van der Waals surface area contributed by atoms with Gasteiger partial charge in [-0.05, 0) is 13.8 Å². The minimum atomic E-state index is 0.503. The maximum atomic E-state index is 6.06. The van der Waals surface area contributed by atoms with E-state index >= 15 is 0 Å². The Balaban J connectivity index is 2.14. The van der Waals surface area contributed by atoms with Crippen molar-refractivity contribution in [3.05, 3.63) is 48.3 Å². The number of nitrogens with zero attached hydrogens (tertiary/aromatic N) is 4. The molecule has 106 valence electrons. The normalized spacial score (nSPS) is 10.8. The highest BCUT2D eigenvalue weighted by Gasteiger charge is 2.13. The van der Waals surface area contributed by atoms with Gasteiger partial charge in [-0.2, -0.15) is 5.10 Å². The number of nitrogens with two attached hydrogens (primary N) is 1. The Labute approximate surface area is 123 Å². The van der Waals surface area contributed by atoms with Crippen molar-refractivity contribution < 1.29 is 0 Å². The molecule has 1 aromatic carbocycles. The van der Waals surface area contributed by atoms with Gasteiger partial charge in [0.1, 0.15) is 5.82 Å². The summed E-state index contributed by atoms with van der Waals surface area (Å²) in [6, 6.07) is 10.0. The van der Waals surface area contributed by atoms with Crippen molar-refractivity contribution in [1.82, 2.24) is 19.7 Å². The van der Waals surface area contributed by atoms with Crippen LogP contribution in [0.4, 0.5) is 5.82 Å². The van der Waals surface area contributed by atoms with Gasteiger partial charge in [0.25, 0.3) is 0 Å². The van der Waals surface area contributed by atoms with Gasteiger partial charge in [0.15, 0.2) is 5.82 Å². The summed E-state index contributed by atoms with van der Waals surface area (Å²) in [4.78, 5) is 9.07. The van der Waals surface area contributed by atoms with Gasteiger partial charge >= 0.3 is 0 Å². The van der Waals surface area contributed by atoms with E-state index < -0.39 is 0 Å². The molecule has 3 rings (SSSR count). The van der Waals surface area contributed by atoms with Crippen LogP contribution in [0.25, 0.3) is 22.6 Å². The summed E-state index contributed by atoms with van der Waals surface area (Å²) >= 11 is 0. The lowest BCUT2D eigenvalue weighted by Crippen LogP contribution is -2.02. The van der Waals surface area contributed by atoms with Crippen LogP contribution in [0.15, 0.2) is 42.7 Å². The third kappa shape index (κ3) is 2.50. The van der Waals surface area contributed by atoms with Crippen LogP contribution >= 0.6 is 0 Å². The number of nitrogen functional groups attached to an aromatic ring is 1. The maximum Gasteiger partial charge on any atom is 0.165 e. The predicted molar refractivity (Wildman–Crippen MR) is 83.5 cm³/mol. The van der Waals surface area contributed by atoms with E-state index in [4.69, 9.17) is 5.73 Å². The van der Waals surface area contributed by atoms with Gasteiger partial charge in [-0.25, -0.2) is 9.97 Å². The molecule has 0 aliphatic heterocycles. The van der Waals surface area contributed by atoms with E-state index in [1.54, 1.807) is 6.20 Å². The molecular formula is C16H17N5. The summed E-state index contributed by atoms with van der Waals surface area (Å²) in [5, 5.41) is 4.26. The van der Waals surface area contributed by atoms with Gasteiger partial charge in [0.2, 0.25) is 0 Å².